The first-order chi connectivity index (χ1) is 13.1. The smallest absolute Gasteiger partial charge is 0.191 e. The van der Waals surface area contributed by atoms with Crippen molar-refractivity contribution >= 4 is 29.9 Å². The highest BCUT2D eigenvalue weighted by atomic mass is 127. The third-order valence-electron chi connectivity index (χ3n) is 3.85. The molecule has 1 unspecified atom stereocenters. The molecule has 0 saturated heterocycles. The van der Waals surface area contributed by atoms with Crippen LogP contribution in [0.4, 0.5) is 0 Å². The molecule has 8 heteroatoms. The number of imidazole rings is 1. The van der Waals surface area contributed by atoms with Crippen molar-refractivity contribution in [3.8, 4) is 5.75 Å². The van der Waals surface area contributed by atoms with Gasteiger partial charge in [0.1, 0.15) is 5.75 Å². The van der Waals surface area contributed by atoms with Gasteiger partial charge in [0.2, 0.25) is 0 Å². The molecule has 3 N–H and O–H groups in total. The Morgan fingerprint density at radius 3 is 2.61 bits per heavy atom. The fourth-order valence-electron chi connectivity index (χ4n) is 2.55. The van der Waals surface area contributed by atoms with E-state index in [0.29, 0.717) is 12.5 Å². The first-order valence-corrected chi connectivity index (χ1v) is 9.51. The lowest BCUT2D eigenvalue weighted by molar-refractivity contribution is 0.186. The molecule has 2 rings (SSSR count). The lowest BCUT2D eigenvalue weighted by atomic mass is 10.1. The first-order valence-electron chi connectivity index (χ1n) is 9.51. The molecule has 0 radical (unpaired) electrons. The minimum Gasteiger partial charge on any atom is -0.491 e. The average molecular weight is 501 g/mol. The van der Waals surface area contributed by atoms with E-state index in [0.717, 1.165) is 37.4 Å². The minimum absolute atomic E-state index is 0. The fourth-order valence-corrected chi connectivity index (χ4v) is 2.55. The molecule has 0 amide bonds. The van der Waals surface area contributed by atoms with Crippen LogP contribution in [0.25, 0.3) is 0 Å². The van der Waals surface area contributed by atoms with Crippen LogP contribution in [0.15, 0.2) is 48.0 Å². The highest BCUT2D eigenvalue weighted by Crippen LogP contribution is 2.19. The molecule has 1 aromatic heterocycles. The Balaban J connectivity index is 0.00000392. The van der Waals surface area contributed by atoms with E-state index in [1.165, 1.54) is 0 Å². The van der Waals surface area contributed by atoms with Gasteiger partial charge in [0.05, 0.1) is 25.1 Å². The van der Waals surface area contributed by atoms with Crippen LogP contribution < -0.4 is 15.4 Å². The van der Waals surface area contributed by atoms with Crippen LogP contribution in [-0.2, 0) is 6.54 Å². The molecule has 0 spiro atoms. The zero-order chi connectivity index (χ0) is 19.5. The maximum Gasteiger partial charge on any atom is 0.191 e. The summed E-state index contributed by atoms with van der Waals surface area (Å²) in [5.74, 6) is 1.51. The third-order valence-corrected chi connectivity index (χ3v) is 3.85. The van der Waals surface area contributed by atoms with E-state index in [2.05, 4.69) is 20.6 Å². The van der Waals surface area contributed by atoms with Crippen molar-refractivity contribution in [3.63, 3.8) is 0 Å². The summed E-state index contributed by atoms with van der Waals surface area (Å²) in [6.07, 6.45) is 5.98. The van der Waals surface area contributed by atoms with E-state index in [1.807, 2.05) is 62.1 Å². The number of hydrogen-bond donors (Lipinski definition) is 3. The predicted molar refractivity (Wildman–Crippen MR) is 123 cm³/mol. The maximum atomic E-state index is 10.4. The Kier molecular flexibility index (Phi) is 11.6. The molecule has 1 heterocycles. The zero-order valence-corrected chi connectivity index (χ0v) is 19.2. The number of guanidine groups is 1. The van der Waals surface area contributed by atoms with Crippen molar-refractivity contribution in [1.82, 2.24) is 20.2 Å². The summed E-state index contributed by atoms with van der Waals surface area (Å²) in [6, 6.07) is 7.51. The Hall–Kier alpha value is -1.81. The van der Waals surface area contributed by atoms with Crippen molar-refractivity contribution in [2.75, 3.05) is 19.6 Å². The molecule has 0 bridgehead atoms. The van der Waals surface area contributed by atoms with E-state index in [1.54, 1.807) is 6.20 Å². The molecule has 7 nitrogen and oxygen atoms in total. The summed E-state index contributed by atoms with van der Waals surface area (Å²) < 4.78 is 7.67. The highest BCUT2D eigenvalue weighted by Gasteiger charge is 2.08. The van der Waals surface area contributed by atoms with E-state index in [-0.39, 0.29) is 30.1 Å². The van der Waals surface area contributed by atoms with E-state index >= 15 is 0 Å². The number of aliphatic imine (C=N–C) groups is 1. The molecule has 2 aromatic rings. The summed E-state index contributed by atoms with van der Waals surface area (Å²) in [5.41, 5.74) is 0.825. The molecule has 1 atom stereocenters. The normalized spacial score (nSPS) is 12.4. The summed E-state index contributed by atoms with van der Waals surface area (Å²) in [4.78, 5) is 8.52. The summed E-state index contributed by atoms with van der Waals surface area (Å²) in [5, 5.41) is 16.9. The van der Waals surface area contributed by atoms with Crippen LogP contribution in [0.5, 0.6) is 5.75 Å². The van der Waals surface area contributed by atoms with E-state index in [4.69, 9.17) is 4.74 Å². The summed E-state index contributed by atoms with van der Waals surface area (Å²) >= 11 is 0. The number of rotatable bonds is 10. The van der Waals surface area contributed by atoms with E-state index < -0.39 is 6.10 Å². The molecular formula is C20H32IN5O2. The second kappa shape index (κ2) is 13.4. The topological polar surface area (TPSA) is 83.7 Å². The maximum absolute atomic E-state index is 10.4. The van der Waals surface area contributed by atoms with Gasteiger partial charge in [0.15, 0.2) is 5.96 Å². The highest BCUT2D eigenvalue weighted by molar-refractivity contribution is 14.0. The molecular weight excluding hydrogens is 469 g/mol. The minimum atomic E-state index is -0.653. The molecule has 0 saturated carbocycles. The molecule has 0 fully saturated rings. The zero-order valence-electron chi connectivity index (χ0n) is 16.8. The lowest BCUT2D eigenvalue weighted by Crippen LogP contribution is -2.38. The van der Waals surface area contributed by atoms with Gasteiger partial charge < -0.3 is 25.0 Å². The quantitative estimate of drug-likeness (QED) is 0.202. The molecule has 0 aliphatic heterocycles. The number of nitrogens with one attached hydrogen (secondary N) is 2. The number of halogens is 1. The molecule has 28 heavy (non-hydrogen) atoms. The SMILES string of the molecule is CCNC(=NCC(O)c1ccc(OC(C)C)cc1)NCCCn1ccnc1.I. The Morgan fingerprint density at radius 1 is 1.25 bits per heavy atom. The number of aliphatic hydroxyl groups excluding tert-OH is 1. The first kappa shape index (κ1) is 24.2. The summed E-state index contributed by atoms with van der Waals surface area (Å²) in [7, 11) is 0. The second-order valence-corrected chi connectivity index (χ2v) is 6.55. The fraction of sp³-hybridized carbons (Fsp3) is 0.500. The van der Waals surface area contributed by atoms with Gasteiger partial charge in [-0.05, 0) is 44.9 Å². The molecule has 156 valence electrons. The third kappa shape index (κ3) is 8.92. The van der Waals surface area contributed by atoms with Gasteiger partial charge in [-0.25, -0.2) is 4.98 Å². The monoisotopic (exact) mass is 501 g/mol. The van der Waals surface area contributed by atoms with Crippen LogP contribution in [0.1, 0.15) is 38.9 Å². The van der Waals surface area contributed by atoms with Crippen molar-refractivity contribution in [3.05, 3.63) is 48.5 Å². The molecule has 0 aliphatic rings. The van der Waals surface area contributed by atoms with Crippen LogP contribution in [-0.4, -0.2) is 46.4 Å². The number of ether oxygens (including phenoxy) is 1. The van der Waals surface area contributed by atoms with Gasteiger partial charge in [-0.2, -0.15) is 0 Å². The largest absolute Gasteiger partial charge is 0.491 e. The van der Waals surface area contributed by atoms with Crippen LogP contribution in [0.3, 0.4) is 0 Å². The molecule has 0 aliphatic carbocycles. The lowest BCUT2D eigenvalue weighted by Gasteiger charge is -2.14. The van der Waals surface area contributed by atoms with Crippen molar-refractivity contribution < 1.29 is 9.84 Å². The number of benzene rings is 1. The summed E-state index contributed by atoms with van der Waals surface area (Å²) in [6.45, 7) is 8.75. The van der Waals surface area contributed by atoms with Gasteiger partial charge >= 0.3 is 0 Å². The second-order valence-electron chi connectivity index (χ2n) is 6.55. The van der Waals surface area contributed by atoms with Crippen LogP contribution in [0, 0.1) is 0 Å². The van der Waals surface area contributed by atoms with Gasteiger partial charge in [-0.15, -0.1) is 24.0 Å². The van der Waals surface area contributed by atoms with Crippen LogP contribution in [0.2, 0.25) is 0 Å². The van der Waals surface area contributed by atoms with Crippen molar-refractivity contribution in [1.29, 1.82) is 0 Å². The van der Waals surface area contributed by atoms with E-state index in [9.17, 15) is 5.11 Å². The number of aliphatic hydroxyl groups is 1. The van der Waals surface area contributed by atoms with Gasteiger partial charge in [0.25, 0.3) is 0 Å². The van der Waals surface area contributed by atoms with Gasteiger partial charge in [-0.1, -0.05) is 12.1 Å². The Bertz CT molecular complexity index is 674. The van der Waals surface area contributed by atoms with Crippen LogP contribution >= 0.6 is 24.0 Å². The number of hydrogen-bond acceptors (Lipinski definition) is 4. The van der Waals surface area contributed by atoms with Crippen molar-refractivity contribution in [2.24, 2.45) is 4.99 Å². The average Bonchev–Trinajstić information content (AvgIpc) is 3.16. The van der Waals surface area contributed by atoms with Gasteiger partial charge in [0, 0.05) is 32.0 Å². The van der Waals surface area contributed by atoms with Gasteiger partial charge in [-0.3, -0.25) is 4.99 Å². The molecule has 1 aromatic carbocycles. The Morgan fingerprint density at radius 2 is 2.00 bits per heavy atom. The van der Waals surface area contributed by atoms with Crippen molar-refractivity contribution in [2.45, 2.75) is 45.9 Å². The number of aryl methyl sites for hydroxylation is 1. The number of aromatic nitrogens is 2. The predicted octanol–water partition coefficient (Wildman–Crippen LogP) is 2.97. The number of nitrogens with zero attached hydrogens (tertiary/aromatic N) is 3. The Labute approximate surface area is 184 Å². The standard InChI is InChI=1S/C20H31N5O2.HI/c1-4-22-20(23-10-5-12-25-13-11-21-15-25)24-14-19(26)17-6-8-18(9-7-17)27-16(2)3;/h6-9,11,13,15-16,19,26H,4-5,10,12,14H2,1-3H3,(H2,22,23,24);1H.